The molecule has 4 nitrogen and oxygen atoms in total. The molecule has 0 aromatic rings. The second-order valence-corrected chi connectivity index (χ2v) is 6.77. The molecule has 0 amide bonds. The summed E-state index contributed by atoms with van der Waals surface area (Å²) >= 11 is 0. The summed E-state index contributed by atoms with van der Waals surface area (Å²) in [6.07, 6.45) is 7.55. The first-order valence-corrected chi connectivity index (χ1v) is 7.90. The number of nitrogens with two attached hydrogens (primary N) is 1. The number of nitrogens with one attached hydrogen (secondary N) is 1. The quantitative estimate of drug-likeness (QED) is 0.789. The Hall–Kier alpha value is -0.130. The molecule has 0 aliphatic heterocycles. The van der Waals surface area contributed by atoms with E-state index in [4.69, 9.17) is 5.73 Å². The van der Waals surface area contributed by atoms with Crippen molar-refractivity contribution in [2.75, 3.05) is 12.3 Å². The highest BCUT2D eigenvalue weighted by Crippen LogP contribution is 2.26. The molecule has 1 aliphatic rings. The summed E-state index contributed by atoms with van der Waals surface area (Å²) in [6, 6.07) is 0. The van der Waals surface area contributed by atoms with Crippen molar-refractivity contribution in [3.05, 3.63) is 0 Å². The van der Waals surface area contributed by atoms with Gasteiger partial charge in [-0.25, -0.2) is 13.1 Å². The van der Waals surface area contributed by atoms with E-state index in [9.17, 15) is 8.42 Å². The van der Waals surface area contributed by atoms with E-state index in [0.717, 1.165) is 25.7 Å². The fourth-order valence-electron chi connectivity index (χ4n) is 2.33. The maximum Gasteiger partial charge on any atom is 0.211 e. The van der Waals surface area contributed by atoms with E-state index in [2.05, 4.69) is 4.72 Å². The van der Waals surface area contributed by atoms with Crippen molar-refractivity contribution in [3.8, 4) is 0 Å². The molecule has 0 saturated heterocycles. The maximum absolute atomic E-state index is 11.7. The van der Waals surface area contributed by atoms with E-state index in [1.807, 2.05) is 0 Å². The van der Waals surface area contributed by atoms with Crippen LogP contribution in [0.15, 0.2) is 0 Å². The Balaban J connectivity index is 2.73. The molecular weight excluding hydrogens is 224 g/mol. The van der Waals surface area contributed by atoms with Gasteiger partial charge in [-0.05, 0) is 19.8 Å². The Labute approximate surface area is 99.0 Å². The predicted octanol–water partition coefficient (Wildman–Crippen LogP) is 1.37. The number of sulfonamides is 1. The van der Waals surface area contributed by atoms with E-state index in [1.165, 1.54) is 19.3 Å². The molecule has 0 aromatic heterocycles. The molecule has 0 bridgehead atoms. The SMILES string of the molecule is CCS(=O)(=O)NC1(CN)CCCCCCC1. The zero-order valence-electron chi connectivity index (χ0n) is 10.2. The predicted molar refractivity (Wildman–Crippen MR) is 66.7 cm³/mol. The number of hydrogen-bond donors (Lipinski definition) is 2. The highest BCUT2D eigenvalue weighted by molar-refractivity contribution is 7.89. The van der Waals surface area contributed by atoms with Crippen LogP contribution in [0.5, 0.6) is 0 Å². The van der Waals surface area contributed by atoms with Crippen LogP contribution in [0.4, 0.5) is 0 Å². The van der Waals surface area contributed by atoms with Gasteiger partial charge in [0.2, 0.25) is 10.0 Å². The monoisotopic (exact) mass is 248 g/mol. The first-order valence-electron chi connectivity index (χ1n) is 6.25. The van der Waals surface area contributed by atoms with E-state index in [1.54, 1.807) is 6.92 Å². The first-order chi connectivity index (χ1) is 7.54. The van der Waals surface area contributed by atoms with Gasteiger partial charge in [-0.1, -0.05) is 32.1 Å². The van der Waals surface area contributed by atoms with Crippen LogP contribution in [0.25, 0.3) is 0 Å². The third-order valence-corrected chi connectivity index (χ3v) is 4.96. The zero-order chi connectivity index (χ0) is 12.1. The summed E-state index contributed by atoms with van der Waals surface area (Å²) in [7, 11) is -3.15. The van der Waals surface area contributed by atoms with Gasteiger partial charge >= 0.3 is 0 Å². The van der Waals surface area contributed by atoms with Gasteiger partial charge in [0, 0.05) is 12.1 Å². The minimum Gasteiger partial charge on any atom is -0.329 e. The van der Waals surface area contributed by atoms with Crippen LogP contribution < -0.4 is 10.5 Å². The summed E-state index contributed by atoms with van der Waals surface area (Å²) in [5.74, 6) is 0.134. The van der Waals surface area contributed by atoms with Gasteiger partial charge in [0.15, 0.2) is 0 Å². The first kappa shape index (κ1) is 13.9. The van der Waals surface area contributed by atoms with Crippen LogP contribution in [0, 0.1) is 0 Å². The molecule has 0 heterocycles. The molecule has 3 N–H and O–H groups in total. The van der Waals surface area contributed by atoms with E-state index in [0.29, 0.717) is 6.54 Å². The Bertz CT molecular complexity index is 293. The van der Waals surface area contributed by atoms with E-state index >= 15 is 0 Å². The molecule has 0 aromatic carbocycles. The summed E-state index contributed by atoms with van der Waals surface area (Å²) in [5, 5.41) is 0. The summed E-state index contributed by atoms with van der Waals surface area (Å²) in [5.41, 5.74) is 5.41. The molecule has 0 radical (unpaired) electrons. The Kier molecular flexibility index (Phi) is 5.21. The molecule has 1 rings (SSSR count). The summed E-state index contributed by atoms with van der Waals surface area (Å²) < 4.78 is 26.1. The van der Waals surface area contributed by atoms with Gasteiger partial charge in [-0.2, -0.15) is 0 Å². The lowest BCUT2D eigenvalue weighted by Crippen LogP contribution is -2.54. The fraction of sp³-hybridized carbons (Fsp3) is 1.00. The topological polar surface area (TPSA) is 72.2 Å². The molecule has 1 saturated carbocycles. The largest absolute Gasteiger partial charge is 0.329 e. The minimum atomic E-state index is -3.15. The van der Waals surface area contributed by atoms with Crippen molar-refractivity contribution in [3.63, 3.8) is 0 Å². The molecule has 5 heteroatoms. The van der Waals surface area contributed by atoms with Crippen LogP contribution >= 0.6 is 0 Å². The summed E-state index contributed by atoms with van der Waals surface area (Å²) in [4.78, 5) is 0. The summed E-state index contributed by atoms with van der Waals surface area (Å²) in [6.45, 7) is 2.07. The van der Waals surface area contributed by atoms with Crippen LogP contribution in [0.2, 0.25) is 0 Å². The number of rotatable bonds is 4. The van der Waals surface area contributed by atoms with Crippen LogP contribution in [0.1, 0.15) is 51.9 Å². The lowest BCUT2D eigenvalue weighted by molar-refractivity contribution is 0.296. The van der Waals surface area contributed by atoms with Crippen LogP contribution in [-0.2, 0) is 10.0 Å². The fourth-order valence-corrected chi connectivity index (χ4v) is 3.42. The van der Waals surface area contributed by atoms with Gasteiger partial charge < -0.3 is 5.73 Å². The second kappa shape index (κ2) is 5.98. The highest BCUT2D eigenvalue weighted by Gasteiger charge is 2.32. The average molecular weight is 248 g/mol. The average Bonchev–Trinajstić information content (AvgIpc) is 2.22. The smallest absolute Gasteiger partial charge is 0.211 e. The third-order valence-electron chi connectivity index (χ3n) is 3.45. The lowest BCUT2D eigenvalue weighted by Gasteiger charge is -2.34. The van der Waals surface area contributed by atoms with E-state index < -0.39 is 10.0 Å². The molecule has 1 fully saturated rings. The molecule has 96 valence electrons. The van der Waals surface area contributed by atoms with Crippen LogP contribution in [-0.4, -0.2) is 26.3 Å². The van der Waals surface area contributed by atoms with Gasteiger partial charge in [-0.15, -0.1) is 0 Å². The Morgan fingerprint density at radius 3 is 2.06 bits per heavy atom. The van der Waals surface area contributed by atoms with Gasteiger partial charge in [0.1, 0.15) is 0 Å². The highest BCUT2D eigenvalue weighted by atomic mass is 32.2. The third kappa shape index (κ3) is 4.03. The number of hydrogen-bond acceptors (Lipinski definition) is 3. The molecular formula is C11H24N2O2S. The normalized spacial score (nSPS) is 22.4. The second-order valence-electron chi connectivity index (χ2n) is 4.76. The Morgan fingerprint density at radius 2 is 1.62 bits per heavy atom. The van der Waals surface area contributed by atoms with Crippen LogP contribution in [0.3, 0.4) is 0 Å². The van der Waals surface area contributed by atoms with Gasteiger partial charge in [0.25, 0.3) is 0 Å². The van der Waals surface area contributed by atoms with Crippen molar-refractivity contribution in [1.29, 1.82) is 0 Å². The van der Waals surface area contributed by atoms with Crippen molar-refractivity contribution in [1.82, 2.24) is 4.72 Å². The standard InChI is InChI=1S/C11H24N2O2S/c1-2-16(14,15)13-11(10-12)8-6-4-3-5-7-9-11/h13H,2-10,12H2,1H3. The Morgan fingerprint density at radius 1 is 1.12 bits per heavy atom. The molecule has 1 aliphatic carbocycles. The van der Waals surface area contributed by atoms with Crippen molar-refractivity contribution in [2.45, 2.75) is 57.4 Å². The maximum atomic E-state index is 11.7. The van der Waals surface area contributed by atoms with Crippen molar-refractivity contribution < 1.29 is 8.42 Å². The molecule has 0 unspecified atom stereocenters. The minimum absolute atomic E-state index is 0.134. The van der Waals surface area contributed by atoms with Gasteiger partial charge in [0.05, 0.1) is 5.75 Å². The molecule has 16 heavy (non-hydrogen) atoms. The molecule has 0 atom stereocenters. The van der Waals surface area contributed by atoms with E-state index in [-0.39, 0.29) is 11.3 Å². The lowest BCUT2D eigenvalue weighted by atomic mass is 9.85. The van der Waals surface area contributed by atoms with Crippen molar-refractivity contribution >= 4 is 10.0 Å². The van der Waals surface area contributed by atoms with Gasteiger partial charge in [-0.3, -0.25) is 0 Å². The molecule has 0 spiro atoms. The van der Waals surface area contributed by atoms with Crippen molar-refractivity contribution in [2.24, 2.45) is 5.73 Å². The zero-order valence-corrected chi connectivity index (χ0v) is 11.0.